The third-order valence-electron chi connectivity index (χ3n) is 2.64. The van der Waals surface area contributed by atoms with E-state index in [0.29, 0.717) is 10.7 Å². The molecule has 0 aromatic heterocycles. The fourth-order valence-electron chi connectivity index (χ4n) is 1.95. The lowest BCUT2D eigenvalue weighted by atomic mass is 10.1. The molecule has 2 nitrogen and oxygen atoms in total. The van der Waals surface area contributed by atoms with Crippen molar-refractivity contribution in [2.24, 2.45) is 5.73 Å². The van der Waals surface area contributed by atoms with Gasteiger partial charge in [-0.25, -0.2) is 0 Å². The van der Waals surface area contributed by atoms with Crippen molar-refractivity contribution in [2.75, 3.05) is 0 Å². The molecule has 0 aliphatic heterocycles. The summed E-state index contributed by atoms with van der Waals surface area (Å²) in [5.41, 5.74) is 8.78. The number of nitrogens with two attached hydrogens (primary N) is 1. The first-order valence-corrected chi connectivity index (χ1v) is 7.02. The van der Waals surface area contributed by atoms with Gasteiger partial charge in [-0.2, -0.15) is 0 Å². The number of hydrogen-bond acceptors (Lipinski definition) is 2. The number of ether oxygens (including phenoxy) is 1. The van der Waals surface area contributed by atoms with Crippen LogP contribution >= 0.6 is 28.1 Å². The van der Waals surface area contributed by atoms with Crippen molar-refractivity contribution < 1.29 is 4.74 Å². The predicted molar refractivity (Wildman–Crippen MR) is 86.0 cm³/mol. The van der Waals surface area contributed by atoms with Gasteiger partial charge in [0.05, 0.1) is 5.56 Å². The molecule has 0 aliphatic rings. The Labute approximate surface area is 126 Å². The summed E-state index contributed by atoms with van der Waals surface area (Å²) in [6, 6.07) is 11.7. The van der Waals surface area contributed by atoms with Crippen molar-refractivity contribution in [3.8, 4) is 11.5 Å². The molecule has 2 aromatic rings. The highest BCUT2D eigenvalue weighted by Gasteiger charge is 2.11. The van der Waals surface area contributed by atoms with Crippen LogP contribution < -0.4 is 10.5 Å². The molecule has 0 spiro atoms. The zero-order valence-corrected chi connectivity index (χ0v) is 13.1. The maximum absolute atomic E-state index is 5.92. The molecule has 19 heavy (non-hydrogen) atoms. The van der Waals surface area contributed by atoms with Gasteiger partial charge in [-0.15, -0.1) is 0 Å². The zero-order valence-electron chi connectivity index (χ0n) is 10.7. The molecular formula is C15H14BrNOS. The Morgan fingerprint density at radius 3 is 2.37 bits per heavy atom. The highest BCUT2D eigenvalue weighted by Crippen LogP contribution is 2.31. The second-order valence-electron chi connectivity index (χ2n) is 4.40. The first-order chi connectivity index (χ1) is 8.97. The van der Waals surface area contributed by atoms with E-state index in [1.807, 2.05) is 44.2 Å². The monoisotopic (exact) mass is 335 g/mol. The van der Waals surface area contributed by atoms with Crippen LogP contribution in [-0.4, -0.2) is 4.99 Å². The van der Waals surface area contributed by atoms with Crippen LogP contribution in [0.1, 0.15) is 16.7 Å². The van der Waals surface area contributed by atoms with Gasteiger partial charge in [0, 0.05) is 4.47 Å². The van der Waals surface area contributed by atoms with Crippen molar-refractivity contribution in [3.05, 3.63) is 57.6 Å². The van der Waals surface area contributed by atoms with Crippen molar-refractivity contribution >= 4 is 33.1 Å². The van der Waals surface area contributed by atoms with E-state index in [1.165, 1.54) is 0 Å². The van der Waals surface area contributed by atoms with Crippen molar-refractivity contribution in [2.45, 2.75) is 13.8 Å². The van der Waals surface area contributed by atoms with Crippen LogP contribution in [0.4, 0.5) is 0 Å². The molecule has 4 heteroatoms. The maximum atomic E-state index is 5.92. The normalized spacial score (nSPS) is 10.3. The van der Waals surface area contributed by atoms with Crippen LogP contribution in [-0.2, 0) is 0 Å². The molecule has 2 aromatic carbocycles. The molecule has 0 aliphatic carbocycles. The Bertz CT molecular complexity index is 620. The van der Waals surface area contributed by atoms with Gasteiger partial charge in [0.15, 0.2) is 0 Å². The molecule has 0 saturated carbocycles. The second kappa shape index (κ2) is 5.72. The van der Waals surface area contributed by atoms with E-state index in [4.69, 9.17) is 22.7 Å². The fourth-order valence-corrected chi connectivity index (χ4v) is 2.85. The number of halogens is 1. The maximum Gasteiger partial charge on any atom is 0.138 e. The third kappa shape index (κ3) is 3.33. The van der Waals surface area contributed by atoms with Crippen LogP contribution in [0, 0.1) is 13.8 Å². The molecule has 2 rings (SSSR count). The average molecular weight is 336 g/mol. The highest BCUT2D eigenvalue weighted by molar-refractivity contribution is 9.10. The second-order valence-corrected chi connectivity index (χ2v) is 5.70. The largest absolute Gasteiger partial charge is 0.457 e. The smallest absolute Gasteiger partial charge is 0.138 e. The summed E-state index contributed by atoms with van der Waals surface area (Å²) >= 11 is 8.52. The Morgan fingerprint density at radius 2 is 1.79 bits per heavy atom. The third-order valence-corrected chi connectivity index (χ3v) is 3.51. The van der Waals surface area contributed by atoms with E-state index in [2.05, 4.69) is 22.0 Å². The first-order valence-electron chi connectivity index (χ1n) is 5.82. The van der Waals surface area contributed by atoms with Gasteiger partial charge in [-0.3, -0.25) is 0 Å². The van der Waals surface area contributed by atoms with Gasteiger partial charge < -0.3 is 10.5 Å². The summed E-state index contributed by atoms with van der Waals surface area (Å²) in [6.07, 6.45) is 0. The Morgan fingerprint density at radius 1 is 1.16 bits per heavy atom. The van der Waals surface area contributed by atoms with Gasteiger partial charge in [0.25, 0.3) is 0 Å². The Hall–Kier alpha value is -1.39. The van der Waals surface area contributed by atoms with Crippen LogP contribution in [0.2, 0.25) is 0 Å². The molecule has 0 fully saturated rings. The Kier molecular flexibility index (Phi) is 4.22. The molecule has 0 heterocycles. The predicted octanol–water partition coefficient (Wildman–Crippen LogP) is 4.49. The SMILES string of the molecule is Cc1cc(C)cc(Oc2cccc(Br)c2C(N)=S)c1. The summed E-state index contributed by atoms with van der Waals surface area (Å²) in [6.45, 7) is 4.07. The van der Waals surface area contributed by atoms with Crippen molar-refractivity contribution in [1.82, 2.24) is 0 Å². The highest BCUT2D eigenvalue weighted by atomic mass is 79.9. The average Bonchev–Trinajstić information content (AvgIpc) is 2.26. The van der Waals surface area contributed by atoms with Gasteiger partial charge in [0.2, 0.25) is 0 Å². The molecule has 0 amide bonds. The van der Waals surface area contributed by atoms with Crippen LogP contribution in [0.3, 0.4) is 0 Å². The fraction of sp³-hybridized carbons (Fsp3) is 0.133. The van der Waals surface area contributed by atoms with Crippen LogP contribution in [0.15, 0.2) is 40.9 Å². The molecule has 0 bridgehead atoms. The zero-order chi connectivity index (χ0) is 14.0. The Balaban J connectivity index is 2.43. The number of hydrogen-bond donors (Lipinski definition) is 1. The lowest BCUT2D eigenvalue weighted by Gasteiger charge is -2.12. The molecule has 0 atom stereocenters. The summed E-state index contributed by atoms with van der Waals surface area (Å²) in [7, 11) is 0. The van der Waals surface area contributed by atoms with Gasteiger partial charge in [-0.1, -0.05) is 24.4 Å². The quantitative estimate of drug-likeness (QED) is 0.839. The minimum atomic E-state index is 0.312. The van der Waals surface area contributed by atoms with E-state index < -0.39 is 0 Å². The molecule has 0 radical (unpaired) electrons. The summed E-state index contributed by atoms with van der Waals surface area (Å²) < 4.78 is 6.75. The summed E-state index contributed by atoms with van der Waals surface area (Å²) in [5.74, 6) is 1.44. The number of benzene rings is 2. The molecule has 2 N–H and O–H groups in total. The molecule has 98 valence electrons. The topological polar surface area (TPSA) is 35.2 Å². The van der Waals surface area contributed by atoms with E-state index in [0.717, 1.165) is 26.9 Å². The lowest BCUT2D eigenvalue weighted by Crippen LogP contribution is -2.11. The van der Waals surface area contributed by atoms with Gasteiger partial charge in [-0.05, 0) is 65.2 Å². The molecule has 0 unspecified atom stereocenters. The van der Waals surface area contributed by atoms with E-state index in [9.17, 15) is 0 Å². The first kappa shape index (κ1) is 14.0. The summed E-state index contributed by atoms with van der Waals surface area (Å²) in [4.78, 5) is 0.312. The van der Waals surface area contributed by atoms with E-state index in [-0.39, 0.29) is 0 Å². The molecular weight excluding hydrogens is 322 g/mol. The number of thiocarbonyl (C=S) groups is 1. The van der Waals surface area contributed by atoms with E-state index in [1.54, 1.807) is 0 Å². The van der Waals surface area contributed by atoms with Gasteiger partial charge in [0.1, 0.15) is 16.5 Å². The summed E-state index contributed by atoms with van der Waals surface area (Å²) in [5, 5.41) is 0. The van der Waals surface area contributed by atoms with E-state index >= 15 is 0 Å². The van der Waals surface area contributed by atoms with Gasteiger partial charge >= 0.3 is 0 Å². The van der Waals surface area contributed by atoms with Crippen molar-refractivity contribution in [3.63, 3.8) is 0 Å². The number of aryl methyl sites for hydroxylation is 2. The number of rotatable bonds is 3. The lowest BCUT2D eigenvalue weighted by molar-refractivity contribution is 0.480. The molecule has 0 saturated heterocycles. The minimum Gasteiger partial charge on any atom is -0.457 e. The van der Waals surface area contributed by atoms with Crippen LogP contribution in [0.5, 0.6) is 11.5 Å². The standard InChI is InChI=1S/C15H14BrNOS/c1-9-6-10(2)8-11(7-9)18-13-5-3-4-12(16)14(13)15(17)19/h3-8H,1-2H3,(H2,17,19). The van der Waals surface area contributed by atoms with Crippen LogP contribution in [0.25, 0.3) is 0 Å². The van der Waals surface area contributed by atoms with Crippen molar-refractivity contribution in [1.29, 1.82) is 0 Å². The minimum absolute atomic E-state index is 0.312.